The first-order chi connectivity index (χ1) is 15.6. The summed E-state index contributed by atoms with van der Waals surface area (Å²) in [4.78, 5) is 16.1. The number of hydrogen-bond acceptors (Lipinski definition) is 6. The Morgan fingerprint density at radius 1 is 0.938 bits per heavy atom. The quantitative estimate of drug-likeness (QED) is 0.516. The number of hydrogen-bond donors (Lipinski definition) is 0. The summed E-state index contributed by atoms with van der Waals surface area (Å²) in [6.07, 6.45) is 1.40. The average molecular weight is 454 g/mol. The van der Waals surface area contributed by atoms with Crippen LogP contribution in [0, 0.1) is 0 Å². The Bertz CT molecular complexity index is 1100. The van der Waals surface area contributed by atoms with Crippen LogP contribution in [-0.2, 0) is 12.8 Å². The highest BCUT2D eigenvalue weighted by molar-refractivity contribution is 7.12. The van der Waals surface area contributed by atoms with Crippen LogP contribution >= 0.6 is 11.3 Å². The highest BCUT2D eigenvalue weighted by Crippen LogP contribution is 2.41. The van der Waals surface area contributed by atoms with Gasteiger partial charge >= 0.3 is 0 Å². The lowest BCUT2D eigenvalue weighted by Gasteiger charge is -2.38. The van der Waals surface area contributed by atoms with Crippen molar-refractivity contribution in [3.05, 3.63) is 69.4 Å². The normalized spacial score (nSPS) is 15.1. The molecule has 1 aliphatic rings. The predicted molar refractivity (Wildman–Crippen MR) is 125 cm³/mol. The molecule has 7 heteroatoms. The standard InChI is InChI=1S/C25H27NO5S/c1-28-20-8-7-16(13-21(20)29-2)12-19-18-15-23(31-4)22(30-3)14-17(18)9-10-26(19)25(27)24-6-5-11-32-24/h5-8,11,13-15,19H,9-10,12H2,1-4H3/t19-/m1/s1. The number of rotatable bonds is 7. The summed E-state index contributed by atoms with van der Waals surface area (Å²) in [6, 6.07) is 13.6. The molecule has 0 bridgehead atoms. The van der Waals surface area contributed by atoms with Crippen LogP contribution in [0.4, 0.5) is 0 Å². The van der Waals surface area contributed by atoms with E-state index in [-0.39, 0.29) is 11.9 Å². The molecule has 0 unspecified atom stereocenters. The third-order valence-corrected chi connectivity index (χ3v) is 6.73. The summed E-state index contributed by atoms with van der Waals surface area (Å²) in [6.45, 7) is 0.636. The number of methoxy groups -OCH3 is 4. The summed E-state index contributed by atoms with van der Waals surface area (Å²) < 4.78 is 22.0. The van der Waals surface area contributed by atoms with E-state index in [1.807, 2.05) is 52.7 Å². The first-order valence-corrected chi connectivity index (χ1v) is 11.3. The fourth-order valence-corrected chi connectivity index (χ4v) is 4.94. The van der Waals surface area contributed by atoms with Gasteiger partial charge in [0.1, 0.15) is 0 Å². The summed E-state index contributed by atoms with van der Waals surface area (Å²) >= 11 is 1.47. The van der Waals surface area contributed by atoms with E-state index < -0.39 is 0 Å². The maximum Gasteiger partial charge on any atom is 0.264 e. The second-order valence-corrected chi connectivity index (χ2v) is 8.49. The number of benzene rings is 2. The van der Waals surface area contributed by atoms with Crippen molar-refractivity contribution in [3.63, 3.8) is 0 Å². The number of carbonyl (C=O) groups is 1. The monoisotopic (exact) mass is 453 g/mol. The number of carbonyl (C=O) groups excluding carboxylic acids is 1. The highest BCUT2D eigenvalue weighted by Gasteiger charge is 2.33. The largest absolute Gasteiger partial charge is 0.493 e. The molecule has 6 nitrogen and oxygen atoms in total. The SMILES string of the molecule is COc1ccc(C[C@@H]2c3cc(OC)c(OC)cc3CCN2C(=O)c2cccs2)cc1OC. The van der Waals surface area contributed by atoms with Crippen molar-refractivity contribution in [1.82, 2.24) is 4.90 Å². The van der Waals surface area contributed by atoms with E-state index >= 15 is 0 Å². The lowest BCUT2D eigenvalue weighted by Crippen LogP contribution is -2.40. The molecule has 4 rings (SSSR count). The number of ether oxygens (including phenoxy) is 4. The molecule has 1 aromatic heterocycles. The lowest BCUT2D eigenvalue weighted by molar-refractivity contribution is 0.0664. The van der Waals surface area contributed by atoms with Gasteiger partial charge in [-0.2, -0.15) is 0 Å². The molecule has 3 aromatic rings. The van der Waals surface area contributed by atoms with E-state index in [9.17, 15) is 4.79 Å². The van der Waals surface area contributed by atoms with Crippen LogP contribution in [0.5, 0.6) is 23.0 Å². The molecular formula is C25H27NO5S. The fraction of sp³-hybridized carbons (Fsp3) is 0.320. The maximum absolute atomic E-state index is 13.4. The zero-order valence-electron chi connectivity index (χ0n) is 18.7. The van der Waals surface area contributed by atoms with Crippen LogP contribution in [0.3, 0.4) is 0 Å². The second kappa shape index (κ2) is 9.53. The minimum Gasteiger partial charge on any atom is -0.493 e. The van der Waals surface area contributed by atoms with Crippen LogP contribution < -0.4 is 18.9 Å². The molecular weight excluding hydrogens is 426 g/mol. The third kappa shape index (κ3) is 4.12. The van der Waals surface area contributed by atoms with Gasteiger partial charge in [-0.15, -0.1) is 11.3 Å². The van der Waals surface area contributed by atoms with E-state index in [0.717, 1.165) is 22.4 Å². The van der Waals surface area contributed by atoms with E-state index in [4.69, 9.17) is 18.9 Å². The molecule has 0 N–H and O–H groups in total. The maximum atomic E-state index is 13.4. The minimum absolute atomic E-state index is 0.0471. The molecule has 0 spiro atoms. The zero-order chi connectivity index (χ0) is 22.7. The van der Waals surface area contributed by atoms with Gasteiger partial charge in [-0.25, -0.2) is 0 Å². The van der Waals surface area contributed by atoms with E-state index in [2.05, 4.69) is 0 Å². The van der Waals surface area contributed by atoms with Crippen molar-refractivity contribution < 1.29 is 23.7 Å². The van der Waals surface area contributed by atoms with Gasteiger partial charge in [0.15, 0.2) is 23.0 Å². The Hall–Kier alpha value is -3.19. The first kappa shape index (κ1) is 22.0. The van der Waals surface area contributed by atoms with Gasteiger partial charge in [0.25, 0.3) is 5.91 Å². The number of thiophene rings is 1. The van der Waals surface area contributed by atoms with Crippen LogP contribution in [0.1, 0.15) is 32.4 Å². The van der Waals surface area contributed by atoms with Crippen LogP contribution in [0.15, 0.2) is 47.8 Å². The van der Waals surface area contributed by atoms with Crippen molar-refractivity contribution in [2.75, 3.05) is 35.0 Å². The Labute approximate surface area is 192 Å². The summed E-state index contributed by atoms with van der Waals surface area (Å²) in [5, 5.41) is 1.93. The van der Waals surface area contributed by atoms with Crippen molar-refractivity contribution in [3.8, 4) is 23.0 Å². The van der Waals surface area contributed by atoms with Crippen molar-refractivity contribution in [2.45, 2.75) is 18.9 Å². The molecule has 168 valence electrons. The Balaban J connectivity index is 1.77. The Kier molecular flexibility index (Phi) is 6.55. The second-order valence-electron chi connectivity index (χ2n) is 7.54. The van der Waals surface area contributed by atoms with Crippen molar-refractivity contribution in [1.29, 1.82) is 0 Å². The van der Waals surface area contributed by atoms with Crippen LogP contribution in [0.2, 0.25) is 0 Å². The molecule has 0 saturated carbocycles. The molecule has 2 heterocycles. The average Bonchev–Trinajstić information content (AvgIpc) is 3.37. The summed E-state index contributed by atoms with van der Waals surface area (Å²) in [7, 11) is 6.52. The summed E-state index contributed by atoms with van der Waals surface area (Å²) in [5.41, 5.74) is 3.30. The molecule has 32 heavy (non-hydrogen) atoms. The van der Waals surface area contributed by atoms with Gasteiger partial charge in [0.05, 0.1) is 39.4 Å². The van der Waals surface area contributed by atoms with E-state index in [1.165, 1.54) is 16.9 Å². The number of fused-ring (bicyclic) bond motifs is 1. The number of nitrogens with zero attached hydrogens (tertiary/aromatic N) is 1. The van der Waals surface area contributed by atoms with Crippen molar-refractivity contribution in [2.24, 2.45) is 0 Å². The highest BCUT2D eigenvalue weighted by atomic mass is 32.1. The zero-order valence-corrected chi connectivity index (χ0v) is 19.5. The summed E-state index contributed by atoms with van der Waals surface area (Å²) in [5.74, 6) is 2.76. The van der Waals surface area contributed by atoms with Gasteiger partial charge in [0.2, 0.25) is 0 Å². The fourth-order valence-electron chi connectivity index (χ4n) is 4.26. The van der Waals surface area contributed by atoms with E-state index in [1.54, 1.807) is 28.4 Å². The lowest BCUT2D eigenvalue weighted by atomic mass is 9.88. The third-order valence-electron chi connectivity index (χ3n) is 5.87. The Morgan fingerprint density at radius 2 is 1.62 bits per heavy atom. The number of amides is 1. The molecule has 1 amide bonds. The van der Waals surface area contributed by atoms with Crippen LogP contribution in [-0.4, -0.2) is 45.8 Å². The molecule has 0 radical (unpaired) electrons. The molecule has 1 atom stereocenters. The molecule has 2 aromatic carbocycles. The first-order valence-electron chi connectivity index (χ1n) is 10.4. The minimum atomic E-state index is -0.147. The Morgan fingerprint density at radius 3 is 2.28 bits per heavy atom. The molecule has 0 fully saturated rings. The molecule has 0 aliphatic carbocycles. The molecule has 1 aliphatic heterocycles. The van der Waals surface area contributed by atoms with Crippen molar-refractivity contribution >= 4 is 17.2 Å². The van der Waals surface area contributed by atoms with Gasteiger partial charge in [-0.1, -0.05) is 12.1 Å². The van der Waals surface area contributed by atoms with Gasteiger partial charge < -0.3 is 23.8 Å². The van der Waals surface area contributed by atoms with Crippen LogP contribution in [0.25, 0.3) is 0 Å². The topological polar surface area (TPSA) is 57.2 Å². The van der Waals surface area contributed by atoms with Gasteiger partial charge in [-0.3, -0.25) is 4.79 Å². The van der Waals surface area contributed by atoms with Gasteiger partial charge in [-0.05, 0) is 65.2 Å². The smallest absolute Gasteiger partial charge is 0.264 e. The van der Waals surface area contributed by atoms with Gasteiger partial charge in [0, 0.05) is 6.54 Å². The predicted octanol–water partition coefficient (Wildman–Crippen LogP) is 4.76. The molecule has 0 saturated heterocycles. The van der Waals surface area contributed by atoms with E-state index in [0.29, 0.717) is 36.0 Å².